The number of thioether (sulfide) groups is 2. The van der Waals surface area contributed by atoms with Gasteiger partial charge in [-0.1, -0.05) is 47.0 Å². The zero-order valence-corrected chi connectivity index (χ0v) is 12.1. The molecule has 0 fully saturated rings. The molecule has 17 heavy (non-hydrogen) atoms. The lowest BCUT2D eigenvalue weighted by molar-refractivity contribution is 0.955. The monoisotopic (exact) mass is 283 g/mol. The molecule has 2 aromatic rings. The molecule has 90 valence electrons. The standard InChI is InChI=1S/C11H13N3S3/c1-7-8(4-3-5-9(7)12)6-16-11-14-13-10(15-2)17-11/h3-5H,6,12H2,1-2H3. The van der Waals surface area contributed by atoms with Crippen LogP contribution in [-0.2, 0) is 5.75 Å². The fourth-order valence-electron chi connectivity index (χ4n) is 1.34. The van der Waals surface area contributed by atoms with E-state index in [1.54, 1.807) is 34.9 Å². The van der Waals surface area contributed by atoms with Gasteiger partial charge in [0.1, 0.15) is 0 Å². The third-order valence-electron chi connectivity index (χ3n) is 2.40. The molecule has 1 heterocycles. The van der Waals surface area contributed by atoms with Gasteiger partial charge in [0, 0.05) is 11.4 Å². The van der Waals surface area contributed by atoms with Gasteiger partial charge in [0.15, 0.2) is 8.68 Å². The second-order valence-electron chi connectivity index (χ2n) is 3.46. The highest BCUT2D eigenvalue weighted by Gasteiger charge is 2.06. The molecule has 0 unspecified atom stereocenters. The molecule has 2 rings (SSSR count). The Morgan fingerprint density at radius 3 is 2.76 bits per heavy atom. The van der Waals surface area contributed by atoms with Crippen molar-refractivity contribution >= 4 is 40.5 Å². The Bertz CT molecular complexity index is 510. The number of hydrogen-bond donors (Lipinski definition) is 1. The van der Waals surface area contributed by atoms with E-state index in [-0.39, 0.29) is 0 Å². The van der Waals surface area contributed by atoms with Crippen molar-refractivity contribution < 1.29 is 0 Å². The number of nitrogens with two attached hydrogens (primary N) is 1. The first-order valence-electron chi connectivity index (χ1n) is 5.05. The Kier molecular flexibility index (Phi) is 4.31. The summed E-state index contributed by atoms with van der Waals surface area (Å²) in [5.74, 6) is 0.889. The number of benzene rings is 1. The molecular formula is C11H13N3S3. The molecular weight excluding hydrogens is 270 g/mol. The lowest BCUT2D eigenvalue weighted by atomic mass is 10.1. The second-order valence-corrected chi connectivity index (χ2v) is 6.71. The van der Waals surface area contributed by atoms with Gasteiger partial charge < -0.3 is 5.73 Å². The number of rotatable bonds is 4. The van der Waals surface area contributed by atoms with Crippen molar-refractivity contribution in [3.63, 3.8) is 0 Å². The van der Waals surface area contributed by atoms with Gasteiger partial charge in [-0.25, -0.2) is 0 Å². The Morgan fingerprint density at radius 1 is 1.29 bits per heavy atom. The summed E-state index contributed by atoms with van der Waals surface area (Å²) in [6.45, 7) is 2.05. The first kappa shape index (κ1) is 12.7. The summed E-state index contributed by atoms with van der Waals surface area (Å²) in [4.78, 5) is 0. The minimum Gasteiger partial charge on any atom is -0.399 e. The molecule has 6 heteroatoms. The molecule has 0 atom stereocenters. The highest BCUT2D eigenvalue weighted by atomic mass is 32.2. The van der Waals surface area contributed by atoms with Crippen molar-refractivity contribution in [2.75, 3.05) is 12.0 Å². The van der Waals surface area contributed by atoms with Crippen LogP contribution in [0.4, 0.5) is 5.69 Å². The van der Waals surface area contributed by atoms with Crippen molar-refractivity contribution in [3.05, 3.63) is 29.3 Å². The van der Waals surface area contributed by atoms with E-state index < -0.39 is 0 Å². The van der Waals surface area contributed by atoms with E-state index in [0.29, 0.717) is 0 Å². The summed E-state index contributed by atoms with van der Waals surface area (Å²) in [7, 11) is 0. The van der Waals surface area contributed by atoms with Crippen molar-refractivity contribution in [1.82, 2.24) is 10.2 Å². The maximum absolute atomic E-state index is 5.88. The SMILES string of the molecule is CSc1nnc(SCc2cccc(N)c2C)s1. The third-order valence-corrected chi connectivity index (χ3v) is 5.48. The van der Waals surface area contributed by atoms with Crippen LogP contribution in [0.3, 0.4) is 0 Å². The first-order chi connectivity index (χ1) is 8.20. The maximum Gasteiger partial charge on any atom is 0.175 e. The van der Waals surface area contributed by atoms with Crippen LogP contribution in [0, 0.1) is 6.92 Å². The van der Waals surface area contributed by atoms with Crippen LogP contribution in [0.25, 0.3) is 0 Å². The quantitative estimate of drug-likeness (QED) is 0.688. The molecule has 0 aliphatic heterocycles. The van der Waals surface area contributed by atoms with Crippen LogP contribution in [0.15, 0.2) is 26.9 Å². The van der Waals surface area contributed by atoms with Gasteiger partial charge in [-0.2, -0.15) is 0 Å². The van der Waals surface area contributed by atoms with Crippen molar-refractivity contribution in [3.8, 4) is 0 Å². The van der Waals surface area contributed by atoms with Gasteiger partial charge in [-0.15, -0.1) is 10.2 Å². The van der Waals surface area contributed by atoms with Crippen molar-refractivity contribution in [1.29, 1.82) is 0 Å². The summed E-state index contributed by atoms with van der Waals surface area (Å²) in [6.07, 6.45) is 2.01. The minimum absolute atomic E-state index is 0.852. The third kappa shape index (κ3) is 3.14. The van der Waals surface area contributed by atoms with Gasteiger partial charge in [0.2, 0.25) is 0 Å². The van der Waals surface area contributed by atoms with Crippen LogP contribution in [0.1, 0.15) is 11.1 Å². The number of aromatic nitrogens is 2. The Morgan fingerprint density at radius 2 is 2.06 bits per heavy atom. The molecule has 0 bridgehead atoms. The Hall–Kier alpha value is -0.720. The minimum atomic E-state index is 0.852. The van der Waals surface area contributed by atoms with Crippen molar-refractivity contribution in [2.45, 2.75) is 21.4 Å². The fourth-order valence-corrected chi connectivity index (χ4v) is 3.84. The average Bonchev–Trinajstić information content (AvgIpc) is 2.79. The zero-order chi connectivity index (χ0) is 12.3. The predicted octanol–water partition coefficient (Wildman–Crippen LogP) is 3.44. The molecule has 3 nitrogen and oxygen atoms in total. The number of nitrogens with zero attached hydrogens (tertiary/aromatic N) is 2. The average molecular weight is 283 g/mol. The van der Waals surface area contributed by atoms with Crippen LogP contribution >= 0.6 is 34.9 Å². The van der Waals surface area contributed by atoms with E-state index in [4.69, 9.17) is 5.73 Å². The predicted molar refractivity (Wildman–Crippen MR) is 76.8 cm³/mol. The number of anilines is 1. The fraction of sp³-hybridized carbons (Fsp3) is 0.273. The molecule has 0 spiro atoms. The van der Waals surface area contributed by atoms with Gasteiger partial charge in [-0.05, 0) is 30.4 Å². The summed E-state index contributed by atoms with van der Waals surface area (Å²) in [5, 5.41) is 8.21. The van der Waals surface area contributed by atoms with E-state index in [9.17, 15) is 0 Å². The topological polar surface area (TPSA) is 51.8 Å². The highest BCUT2D eigenvalue weighted by Crippen LogP contribution is 2.30. The number of hydrogen-bond acceptors (Lipinski definition) is 6. The lowest BCUT2D eigenvalue weighted by Crippen LogP contribution is -1.93. The summed E-state index contributed by atoms with van der Waals surface area (Å²) < 4.78 is 2.02. The summed E-state index contributed by atoms with van der Waals surface area (Å²) >= 11 is 4.97. The molecule has 0 amide bonds. The molecule has 0 aliphatic rings. The van der Waals surface area contributed by atoms with Gasteiger partial charge >= 0.3 is 0 Å². The molecule has 0 saturated carbocycles. The van der Waals surface area contributed by atoms with Gasteiger partial charge in [-0.3, -0.25) is 0 Å². The molecule has 0 radical (unpaired) electrons. The van der Waals surface area contributed by atoms with Crippen LogP contribution in [0.5, 0.6) is 0 Å². The van der Waals surface area contributed by atoms with Gasteiger partial charge in [0.25, 0.3) is 0 Å². The van der Waals surface area contributed by atoms with E-state index in [2.05, 4.69) is 23.2 Å². The summed E-state index contributed by atoms with van der Waals surface area (Å²) in [6, 6.07) is 6.03. The van der Waals surface area contributed by atoms with Gasteiger partial charge in [0.05, 0.1) is 0 Å². The largest absolute Gasteiger partial charge is 0.399 e. The van der Waals surface area contributed by atoms with E-state index in [1.807, 2.05) is 18.4 Å². The normalized spacial score (nSPS) is 10.7. The van der Waals surface area contributed by atoms with E-state index in [1.165, 1.54) is 5.56 Å². The van der Waals surface area contributed by atoms with Crippen LogP contribution < -0.4 is 5.73 Å². The van der Waals surface area contributed by atoms with Crippen LogP contribution in [-0.4, -0.2) is 16.5 Å². The van der Waals surface area contributed by atoms with E-state index >= 15 is 0 Å². The Balaban J connectivity index is 2.04. The molecule has 0 aliphatic carbocycles. The van der Waals surface area contributed by atoms with Crippen LogP contribution in [0.2, 0.25) is 0 Å². The Labute approximate surface area is 113 Å². The van der Waals surface area contributed by atoms with E-state index in [0.717, 1.165) is 25.7 Å². The van der Waals surface area contributed by atoms with Crippen molar-refractivity contribution in [2.24, 2.45) is 0 Å². The molecule has 1 aromatic heterocycles. The molecule has 2 N–H and O–H groups in total. The smallest absolute Gasteiger partial charge is 0.175 e. The number of nitrogen functional groups attached to an aromatic ring is 1. The first-order valence-corrected chi connectivity index (χ1v) is 8.07. The maximum atomic E-state index is 5.88. The molecule has 1 aromatic carbocycles. The molecule has 0 saturated heterocycles. The lowest BCUT2D eigenvalue weighted by Gasteiger charge is -2.06. The zero-order valence-electron chi connectivity index (χ0n) is 9.64. The summed E-state index contributed by atoms with van der Waals surface area (Å²) in [5.41, 5.74) is 9.15. The highest BCUT2D eigenvalue weighted by molar-refractivity contribution is 8.02. The second kappa shape index (κ2) is 5.75.